The van der Waals surface area contributed by atoms with Gasteiger partial charge in [-0.15, -0.1) is 0 Å². The zero-order valence-corrected chi connectivity index (χ0v) is 8.95. The van der Waals surface area contributed by atoms with Gasteiger partial charge in [-0.25, -0.2) is 0 Å². The largest absolute Gasteiger partial charge is 0.507 e. The number of rotatable bonds is 1. The van der Waals surface area contributed by atoms with Gasteiger partial charge in [-0.1, -0.05) is 25.4 Å². The SMILES string of the molecule is CC(C)c1cc(O)c(C(F)(F)F)cc1Cl. The topological polar surface area (TPSA) is 20.2 Å². The number of phenols is 1. The summed E-state index contributed by atoms with van der Waals surface area (Å²) in [6, 6.07) is 1.82. The summed E-state index contributed by atoms with van der Waals surface area (Å²) < 4.78 is 37.0. The molecular formula is C10H10ClF3O. The summed E-state index contributed by atoms with van der Waals surface area (Å²) in [5, 5.41) is 9.24. The molecule has 0 aromatic heterocycles. The molecule has 0 aliphatic carbocycles. The van der Waals surface area contributed by atoms with Crippen LogP contribution in [0, 0.1) is 0 Å². The molecule has 5 heteroatoms. The molecule has 1 N–H and O–H groups in total. The molecule has 0 aliphatic heterocycles. The molecule has 0 saturated heterocycles. The fraction of sp³-hybridized carbons (Fsp3) is 0.400. The Morgan fingerprint density at radius 3 is 2.20 bits per heavy atom. The maximum Gasteiger partial charge on any atom is 0.420 e. The van der Waals surface area contributed by atoms with E-state index < -0.39 is 17.5 Å². The van der Waals surface area contributed by atoms with Crippen LogP contribution >= 0.6 is 11.6 Å². The van der Waals surface area contributed by atoms with E-state index in [1.54, 1.807) is 13.8 Å². The van der Waals surface area contributed by atoms with E-state index in [0.717, 1.165) is 12.1 Å². The van der Waals surface area contributed by atoms with Gasteiger partial charge in [0.25, 0.3) is 0 Å². The number of hydrogen-bond donors (Lipinski definition) is 1. The summed E-state index contributed by atoms with van der Waals surface area (Å²) in [5.41, 5.74) is -0.598. The minimum Gasteiger partial charge on any atom is -0.507 e. The Morgan fingerprint density at radius 2 is 1.80 bits per heavy atom. The van der Waals surface area contributed by atoms with Gasteiger partial charge in [-0.05, 0) is 23.6 Å². The number of hydrogen-bond acceptors (Lipinski definition) is 1. The van der Waals surface area contributed by atoms with Crippen LogP contribution in [0.25, 0.3) is 0 Å². The molecule has 0 heterocycles. The molecule has 1 rings (SSSR count). The normalized spacial score (nSPS) is 12.2. The average molecular weight is 239 g/mol. The van der Waals surface area contributed by atoms with E-state index in [0.29, 0.717) is 5.56 Å². The van der Waals surface area contributed by atoms with Gasteiger partial charge in [0.15, 0.2) is 0 Å². The third-order valence-corrected chi connectivity index (χ3v) is 2.37. The van der Waals surface area contributed by atoms with Gasteiger partial charge in [-0.2, -0.15) is 13.2 Å². The number of benzene rings is 1. The van der Waals surface area contributed by atoms with Gasteiger partial charge < -0.3 is 5.11 Å². The fourth-order valence-corrected chi connectivity index (χ4v) is 1.63. The maximum absolute atomic E-state index is 12.3. The molecule has 0 saturated carbocycles. The summed E-state index contributed by atoms with van der Waals surface area (Å²) in [4.78, 5) is 0. The van der Waals surface area contributed by atoms with Gasteiger partial charge in [0.1, 0.15) is 5.75 Å². The van der Waals surface area contributed by atoms with E-state index in [1.165, 1.54) is 0 Å². The molecule has 0 spiro atoms. The Labute approximate surface area is 90.5 Å². The lowest BCUT2D eigenvalue weighted by Crippen LogP contribution is -2.06. The van der Waals surface area contributed by atoms with Crippen molar-refractivity contribution in [3.05, 3.63) is 28.3 Å². The first kappa shape index (κ1) is 12.2. The van der Waals surface area contributed by atoms with Crippen molar-refractivity contribution in [2.75, 3.05) is 0 Å². The van der Waals surface area contributed by atoms with Crippen molar-refractivity contribution in [3.63, 3.8) is 0 Å². The predicted molar refractivity (Wildman–Crippen MR) is 52.2 cm³/mol. The Morgan fingerprint density at radius 1 is 1.27 bits per heavy atom. The van der Waals surface area contributed by atoms with E-state index in [-0.39, 0.29) is 10.9 Å². The molecule has 1 aromatic rings. The van der Waals surface area contributed by atoms with Crippen molar-refractivity contribution in [2.24, 2.45) is 0 Å². The minimum absolute atomic E-state index is 0.0233. The average Bonchev–Trinajstić information content (AvgIpc) is 2.06. The smallest absolute Gasteiger partial charge is 0.420 e. The first-order valence-corrected chi connectivity index (χ1v) is 4.71. The number of halogens is 4. The third-order valence-electron chi connectivity index (χ3n) is 2.04. The molecule has 15 heavy (non-hydrogen) atoms. The lowest BCUT2D eigenvalue weighted by atomic mass is 10.0. The predicted octanol–water partition coefficient (Wildman–Crippen LogP) is 4.19. The highest BCUT2D eigenvalue weighted by molar-refractivity contribution is 6.31. The van der Waals surface area contributed by atoms with Crippen LogP contribution in [0.3, 0.4) is 0 Å². The quantitative estimate of drug-likeness (QED) is 0.778. The molecule has 0 atom stereocenters. The molecule has 0 aliphatic rings. The second kappa shape index (κ2) is 3.93. The minimum atomic E-state index is -4.58. The number of alkyl halides is 3. The molecule has 0 fully saturated rings. The first-order valence-electron chi connectivity index (χ1n) is 4.33. The Hall–Kier alpha value is -0.900. The fourth-order valence-electron chi connectivity index (χ4n) is 1.25. The summed E-state index contributed by atoms with van der Waals surface area (Å²) in [6.07, 6.45) is -4.58. The van der Waals surface area contributed by atoms with Crippen LogP contribution in [0.1, 0.15) is 30.9 Å². The molecule has 0 bridgehead atoms. The van der Waals surface area contributed by atoms with Gasteiger partial charge >= 0.3 is 6.18 Å². The monoisotopic (exact) mass is 238 g/mol. The Kier molecular flexibility index (Phi) is 3.19. The number of phenolic OH excluding ortho intramolecular Hbond substituents is 1. The van der Waals surface area contributed by atoms with Crippen LogP contribution < -0.4 is 0 Å². The molecule has 84 valence electrons. The van der Waals surface area contributed by atoms with Crippen LogP contribution in [-0.2, 0) is 6.18 Å². The van der Waals surface area contributed by atoms with Crippen molar-refractivity contribution < 1.29 is 18.3 Å². The van der Waals surface area contributed by atoms with Gasteiger partial charge in [0, 0.05) is 5.02 Å². The zero-order chi connectivity index (χ0) is 11.8. The molecule has 1 nitrogen and oxygen atoms in total. The van der Waals surface area contributed by atoms with Crippen molar-refractivity contribution in [1.82, 2.24) is 0 Å². The molecule has 1 aromatic carbocycles. The second-order valence-electron chi connectivity index (χ2n) is 3.54. The first-order chi connectivity index (χ1) is 6.73. The summed E-state index contributed by atoms with van der Waals surface area (Å²) >= 11 is 5.69. The van der Waals surface area contributed by atoms with Crippen LogP contribution in [-0.4, -0.2) is 5.11 Å². The van der Waals surface area contributed by atoms with Gasteiger partial charge in [0.05, 0.1) is 5.56 Å². The molecule has 0 unspecified atom stereocenters. The van der Waals surface area contributed by atoms with Crippen molar-refractivity contribution >= 4 is 11.6 Å². The molecule has 0 radical (unpaired) electrons. The number of aromatic hydroxyl groups is 1. The van der Waals surface area contributed by atoms with Crippen LogP contribution in [0.15, 0.2) is 12.1 Å². The van der Waals surface area contributed by atoms with E-state index in [9.17, 15) is 18.3 Å². The Bertz CT molecular complexity index is 372. The van der Waals surface area contributed by atoms with Crippen LogP contribution in [0.2, 0.25) is 5.02 Å². The van der Waals surface area contributed by atoms with Crippen LogP contribution in [0.5, 0.6) is 5.75 Å². The molecular weight excluding hydrogens is 229 g/mol. The second-order valence-corrected chi connectivity index (χ2v) is 3.95. The van der Waals surface area contributed by atoms with Crippen LogP contribution in [0.4, 0.5) is 13.2 Å². The maximum atomic E-state index is 12.3. The third kappa shape index (κ3) is 2.56. The van der Waals surface area contributed by atoms with E-state index in [1.807, 2.05) is 0 Å². The summed E-state index contributed by atoms with van der Waals surface area (Å²) in [7, 11) is 0. The van der Waals surface area contributed by atoms with Gasteiger partial charge in [0.2, 0.25) is 0 Å². The van der Waals surface area contributed by atoms with Gasteiger partial charge in [-0.3, -0.25) is 0 Å². The summed E-state index contributed by atoms with van der Waals surface area (Å²) in [6.45, 7) is 3.57. The van der Waals surface area contributed by atoms with E-state index >= 15 is 0 Å². The van der Waals surface area contributed by atoms with E-state index in [2.05, 4.69) is 0 Å². The van der Waals surface area contributed by atoms with E-state index in [4.69, 9.17) is 11.6 Å². The highest BCUT2D eigenvalue weighted by atomic mass is 35.5. The van der Waals surface area contributed by atoms with Crippen molar-refractivity contribution in [3.8, 4) is 5.75 Å². The molecule has 0 amide bonds. The lowest BCUT2D eigenvalue weighted by Gasteiger charge is -2.14. The standard InChI is InChI=1S/C10H10ClF3O/c1-5(2)6-3-9(15)7(4-8(6)11)10(12,13)14/h3-5,15H,1-2H3. The van der Waals surface area contributed by atoms with Crippen molar-refractivity contribution in [1.29, 1.82) is 0 Å². The lowest BCUT2D eigenvalue weighted by molar-refractivity contribution is -0.138. The highest BCUT2D eigenvalue weighted by Crippen LogP contribution is 2.40. The zero-order valence-electron chi connectivity index (χ0n) is 8.19. The highest BCUT2D eigenvalue weighted by Gasteiger charge is 2.34. The summed E-state index contributed by atoms with van der Waals surface area (Å²) in [5.74, 6) is -0.818. The van der Waals surface area contributed by atoms with Crippen molar-refractivity contribution in [2.45, 2.75) is 25.9 Å². The Balaban J connectivity index is 3.32.